The molecule has 50 valence electrons. The Balaban J connectivity index is 0.000000605. The van der Waals surface area contributed by atoms with E-state index in [1.807, 2.05) is 12.1 Å². The summed E-state index contributed by atoms with van der Waals surface area (Å²) >= 11 is 0. The van der Waals surface area contributed by atoms with E-state index in [4.69, 9.17) is 5.73 Å². The first-order valence-corrected chi connectivity index (χ1v) is 3.41. The Labute approximate surface area is 61.7 Å². The summed E-state index contributed by atoms with van der Waals surface area (Å²) in [5.74, 6) is 0. The molecule has 0 bridgehead atoms. The van der Waals surface area contributed by atoms with Crippen molar-refractivity contribution in [2.45, 2.75) is 6.42 Å². The molecule has 0 amide bonds. The summed E-state index contributed by atoms with van der Waals surface area (Å²) in [4.78, 5) is 0. The smallest absolute Gasteiger partial charge is 0.399 e. The highest BCUT2D eigenvalue weighted by atomic mass is 14.5. The van der Waals surface area contributed by atoms with Crippen LogP contribution in [0.2, 0.25) is 0 Å². The molecule has 1 aliphatic rings. The molecule has 0 atom stereocenters. The fourth-order valence-corrected chi connectivity index (χ4v) is 1.27. The maximum atomic E-state index is 5.60. The quantitative estimate of drug-likeness (QED) is 0.536. The molecular weight excluding hydrogens is 122 g/mol. The number of hydrogen-bond donors (Lipinski definition) is 1. The van der Waals surface area contributed by atoms with E-state index in [1.165, 1.54) is 11.1 Å². The van der Waals surface area contributed by atoms with E-state index in [1.54, 1.807) is 0 Å². The molecule has 1 aliphatic carbocycles. The largest absolute Gasteiger partial charge is 1.00 e. The van der Waals surface area contributed by atoms with Crippen molar-refractivity contribution in [2.75, 3.05) is 5.73 Å². The maximum absolute atomic E-state index is 5.60. The van der Waals surface area contributed by atoms with Crippen LogP contribution in [0.15, 0.2) is 24.3 Å². The molecule has 2 N–H and O–H groups in total. The predicted octanol–water partition coefficient (Wildman–Crippen LogP) is 1.95. The second kappa shape index (κ2) is 1.87. The summed E-state index contributed by atoms with van der Waals surface area (Å²) in [7, 11) is 0. The zero-order chi connectivity index (χ0) is 6.97. The van der Waals surface area contributed by atoms with Gasteiger partial charge in [0.2, 0.25) is 0 Å². The third-order valence-electron chi connectivity index (χ3n) is 1.81. The summed E-state index contributed by atoms with van der Waals surface area (Å²) in [6, 6.07) is 6.05. The minimum atomic E-state index is 0. The standard InChI is InChI=1S/C9H9N/c10-9-5-4-7-2-1-3-8(7)6-9/h1,3-6H,2,10H2/p+1. The lowest BCUT2D eigenvalue weighted by molar-refractivity contribution is 1.31. The normalized spacial score (nSPS) is 13.6. The Morgan fingerprint density at radius 3 is 3.20 bits per heavy atom. The summed E-state index contributed by atoms with van der Waals surface area (Å²) in [5, 5.41) is 0. The number of benzene rings is 1. The van der Waals surface area contributed by atoms with Gasteiger partial charge in [-0.25, -0.2) is 0 Å². The van der Waals surface area contributed by atoms with Crippen molar-refractivity contribution in [1.82, 2.24) is 0 Å². The van der Waals surface area contributed by atoms with E-state index < -0.39 is 0 Å². The molecule has 0 fully saturated rings. The molecular formula is C9H10N+. The molecule has 0 spiro atoms. The van der Waals surface area contributed by atoms with E-state index in [9.17, 15) is 0 Å². The highest BCUT2D eigenvalue weighted by Gasteiger charge is 2.02. The van der Waals surface area contributed by atoms with Crippen molar-refractivity contribution in [3.63, 3.8) is 0 Å². The first-order chi connectivity index (χ1) is 4.86. The zero-order valence-corrected chi connectivity index (χ0v) is 5.67. The van der Waals surface area contributed by atoms with Gasteiger partial charge in [0.15, 0.2) is 0 Å². The lowest BCUT2D eigenvalue weighted by Gasteiger charge is -1.97. The minimum Gasteiger partial charge on any atom is -0.399 e. The number of fused-ring (bicyclic) bond motifs is 1. The number of nitrogen functional groups attached to an aromatic ring is 1. The molecule has 0 saturated carbocycles. The van der Waals surface area contributed by atoms with Crippen molar-refractivity contribution >= 4 is 11.8 Å². The Bertz CT molecular complexity index is 292. The van der Waals surface area contributed by atoms with Crippen molar-refractivity contribution in [3.8, 4) is 0 Å². The number of nitrogens with two attached hydrogens (primary N) is 1. The van der Waals surface area contributed by atoms with Gasteiger partial charge in [-0.2, -0.15) is 0 Å². The van der Waals surface area contributed by atoms with Crippen LogP contribution in [0.4, 0.5) is 5.69 Å². The van der Waals surface area contributed by atoms with Crippen LogP contribution in [-0.4, -0.2) is 0 Å². The molecule has 2 rings (SSSR count). The number of allylic oxidation sites excluding steroid dienone is 1. The second-order valence-corrected chi connectivity index (χ2v) is 2.56. The van der Waals surface area contributed by atoms with Crippen molar-refractivity contribution in [1.29, 1.82) is 0 Å². The third-order valence-corrected chi connectivity index (χ3v) is 1.81. The molecule has 1 nitrogen and oxygen atoms in total. The minimum absolute atomic E-state index is 0. The molecule has 1 aromatic carbocycles. The Morgan fingerprint density at radius 2 is 2.30 bits per heavy atom. The van der Waals surface area contributed by atoms with Crippen molar-refractivity contribution < 1.29 is 1.43 Å². The number of rotatable bonds is 0. The molecule has 1 aromatic rings. The lowest BCUT2D eigenvalue weighted by atomic mass is 10.1. The third kappa shape index (κ3) is 0.711. The van der Waals surface area contributed by atoms with Gasteiger partial charge in [0.25, 0.3) is 0 Å². The van der Waals surface area contributed by atoms with Gasteiger partial charge in [-0.05, 0) is 29.7 Å². The molecule has 10 heavy (non-hydrogen) atoms. The van der Waals surface area contributed by atoms with Crippen LogP contribution in [-0.2, 0) is 6.42 Å². The summed E-state index contributed by atoms with van der Waals surface area (Å²) in [5.41, 5.74) is 9.11. The van der Waals surface area contributed by atoms with Crippen LogP contribution in [0.1, 0.15) is 12.6 Å². The second-order valence-electron chi connectivity index (χ2n) is 2.56. The van der Waals surface area contributed by atoms with E-state index in [2.05, 4.69) is 18.2 Å². The van der Waals surface area contributed by atoms with Gasteiger partial charge in [-0.1, -0.05) is 18.2 Å². The van der Waals surface area contributed by atoms with Crippen LogP contribution in [0, 0.1) is 0 Å². The number of hydrogen-bond acceptors (Lipinski definition) is 1. The molecule has 0 aliphatic heterocycles. The molecule has 0 radical (unpaired) electrons. The molecule has 1 heteroatoms. The Kier molecular flexibility index (Phi) is 1.04. The van der Waals surface area contributed by atoms with Gasteiger partial charge in [-0.3, -0.25) is 0 Å². The summed E-state index contributed by atoms with van der Waals surface area (Å²) < 4.78 is 0. The van der Waals surface area contributed by atoms with E-state index >= 15 is 0 Å². The van der Waals surface area contributed by atoms with Gasteiger partial charge in [0, 0.05) is 5.69 Å². The first kappa shape index (κ1) is 5.54. The lowest BCUT2D eigenvalue weighted by Crippen LogP contribution is -1.86. The zero-order valence-electron chi connectivity index (χ0n) is 6.67. The van der Waals surface area contributed by atoms with E-state index in [0.717, 1.165) is 12.1 Å². The molecule has 0 saturated heterocycles. The van der Waals surface area contributed by atoms with Crippen molar-refractivity contribution in [3.05, 3.63) is 35.4 Å². The SMILES string of the molecule is Nc1ccc2c(c1)C=CC2.[H+]. The highest BCUT2D eigenvalue weighted by molar-refractivity contribution is 5.63. The fourth-order valence-electron chi connectivity index (χ4n) is 1.27. The first-order valence-electron chi connectivity index (χ1n) is 3.41. The van der Waals surface area contributed by atoms with Gasteiger partial charge < -0.3 is 5.73 Å². The summed E-state index contributed by atoms with van der Waals surface area (Å²) in [6.45, 7) is 0. The van der Waals surface area contributed by atoms with Crippen molar-refractivity contribution in [2.24, 2.45) is 0 Å². The van der Waals surface area contributed by atoms with Gasteiger partial charge >= 0.3 is 1.43 Å². The predicted molar refractivity (Wildman–Crippen MR) is 44.7 cm³/mol. The fraction of sp³-hybridized carbons (Fsp3) is 0.111. The van der Waals surface area contributed by atoms with E-state index in [-0.39, 0.29) is 1.43 Å². The average molecular weight is 132 g/mol. The molecule has 0 unspecified atom stereocenters. The van der Waals surface area contributed by atoms with Crippen LogP contribution < -0.4 is 5.73 Å². The van der Waals surface area contributed by atoms with Gasteiger partial charge in [-0.15, -0.1) is 0 Å². The Hall–Kier alpha value is -1.24. The Morgan fingerprint density at radius 1 is 1.40 bits per heavy atom. The van der Waals surface area contributed by atoms with Gasteiger partial charge in [0.05, 0.1) is 0 Å². The van der Waals surface area contributed by atoms with Crippen LogP contribution >= 0.6 is 0 Å². The maximum Gasteiger partial charge on any atom is 1.00 e. The van der Waals surface area contributed by atoms with Crippen LogP contribution in [0.3, 0.4) is 0 Å². The summed E-state index contributed by atoms with van der Waals surface area (Å²) in [6.07, 6.45) is 5.34. The average Bonchev–Trinajstić information content (AvgIpc) is 2.33. The highest BCUT2D eigenvalue weighted by Crippen LogP contribution is 2.20. The molecule has 0 aromatic heterocycles. The monoisotopic (exact) mass is 132 g/mol. The molecule has 0 heterocycles. The van der Waals surface area contributed by atoms with Crippen LogP contribution in [0.5, 0.6) is 0 Å². The van der Waals surface area contributed by atoms with Crippen LogP contribution in [0.25, 0.3) is 6.08 Å². The number of anilines is 1. The van der Waals surface area contributed by atoms with Gasteiger partial charge in [0.1, 0.15) is 0 Å². The topological polar surface area (TPSA) is 26.0 Å². The van der Waals surface area contributed by atoms with E-state index in [0.29, 0.717) is 0 Å².